The second-order valence-electron chi connectivity index (χ2n) is 6.85. The van der Waals surface area contributed by atoms with Gasteiger partial charge < -0.3 is 19.5 Å². The van der Waals surface area contributed by atoms with Gasteiger partial charge in [0.25, 0.3) is 5.91 Å². The number of fused-ring (bicyclic) bond motifs is 2. The van der Waals surface area contributed by atoms with Crippen LogP contribution in [0.2, 0.25) is 0 Å². The van der Waals surface area contributed by atoms with E-state index in [-0.39, 0.29) is 19.1 Å². The summed E-state index contributed by atoms with van der Waals surface area (Å²) in [5.74, 6) is 0.558. The van der Waals surface area contributed by atoms with Crippen molar-refractivity contribution >= 4 is 22.6 Å². The minimum absolute atomic E-state index is 0.112. The standard InChI is InChI=1S/C23H21NO5/c1-15(23(26)24-13-16-9-10-20-21(11-16)28-14-27-20)29-22(25)12-18-7-4-6-17-5-2-3-8-19(17)18/h2-11,15H,12-14H2,1H3,(H,24,26)/t15-/m0/s1. The van der Waals surface area contributed by atoms with Gasteiger partial charge in [0.15, 0.2) is 17.6 Å². The molecule has 1 atom stereocenters. The highest BCUT2D eigenvalue weighted by atomic mass is 16.7. The lowest BCUT2D eigenvalue weighted by Gasteiger charge is -2.14. The first-order valence-corrected chi connectivity index (χ1v) is 9.42. The van der Waals surface area contributed by atoms with Gasteiger partial charge in [0.1, 0.15) is 0 Å². The van der Waals surface area contributed by atoms with Gasteiger partial charge in [-0.3, -0.25) is 9.59 Å². The Labute approximate surface area is 168 Å². The summed E-state index contributed by atoms with van der Waals surface area (Å²) in [6.45, 7) is 2.07. The number of rotatable bonds is 6. The first-order valence-electron chi connectivity index (χ1n) is 9.42. The summed E-state index contributed by atoms with van der Waals surface area (Å²) in [4.78, 5) is 24.6. The fourth-order valence-corrected chi connectivity index (χ4v) is 3.28. The van der Waals surface area contributed by atoms with Crippen molar-refractivity contribution in [2.24, 2.45) is 0 Å². The van der Waals surface area contributed by atoms with E-state index in [1.54, 1.807) is 13.0 Å². The Balaban J connectivity index is 1.31. The maximum absolute atomic E-state index is 12.3. The molecule has 0 fully saturated rings. The summed E-state index contributed by atoms with van der Waals surface area (Å²) < 4.78 is 15.9. The maximum Gasteiger partial charge on any atom is 0.311 e. The SMILES string of the molecule is C[C@H](OC(=O)Cc1cccc2ccccc12)C(=O)NCc1ccc2c(c1)OCO2. The lowest BCUT2D eigenvalue weighted by atomic mass is 10.0. The van der Waals surface area contributed by atoms with E-state index in [1.165, 1.54) is 0 Å². The van der Waals surface area contributed by atoms with Crippen molar-refractivity contribution in [3.8, 4) is 11.5 Å². The van der Waals surface area contributed by atoms with Crippen molar-refractivity contribution in [1.82, 2.24) is 5.32 Å². The van der Waals surface area contributed by atoms with E-state index in [0.29, 0.717) is 18.0 Å². The molecule has 6 heteroatoms. The molecule has 1 amide bonds. The number of amides is 1. The Bertz CT molecular complexity index is 1060. The monoisotopic (exact) mass is 391 g/mol. The van der Waals surface area contributed by atoms with Crippen LogP contribution in [0.1, 0.15) is 18.1 Å². The number of nitrogens with one attached hydrogen (secondary N) is 1. The molecule has 0 radical (unpaired) electrons. The predicted molar refractivity (Wildman–Crippen MR) is 108 cm³/mol. The lowest BCUT2D eigenvalue weighted by Crippen LogP contribution is -2.35. The Hall–Kier alpha value is -3.54. The molecule has 1 aliphatic rings. The molecule has 1 N–H and O–H groups in total. The molecule has 148 valence electrons. The number of carbonyl (C=O) groups excluding carboxylic acids is 2. The highest BCUT2D eigenvalue weighted by Gasteiger charge is 2.19. The van der Waals surface area contributed by atoms with Crippen LogP contribution in [0.3, 0.4) is 0 Å². The van der Waals surface area contributed by atoms with E-state index in [1.807, 2.05) is 54.6 Å². The Morgan fingerprint density at radius 2 is 1.83 bits per heavy atom. The highest BCUT2D eigenvalue weighted by molar-refractivity contribution is 5.90. The minimum Gasteiger partial charge on any atom is -0.454 e. The Morgan fingerprint density at radius 1 is 1.03 bits per heavy atom. The molecule has 3 aromatic rings. The zero-order chi connectivity index (χ0) is 20.2. The van der Waals surface area contributed by atoms with Gasteiger partial charge >= 0.3 is 5.97 Å². The molecular formula is C23H21NO5. The summed E-state index contributed by atoms with van der Waals surface area (Å²) in [5.41, 5.74) is 1.75. The highest BCUT2D eigenvalue weighted by Crippen LogP contribution is 2.32. The summed E-state index contributed by atoms with van der Waals surface area (Å²) in [5, 5.41) is 4.84. The number of esters is 1. The predicted octanol–water partition coefficient (Wildman–Crippen LogP) is 3.36. The average molecular weight is 391 g/mol. The van der Waals surface area contributed by atoms with Crippen molar-refractivity contribution in [1.29, 1.82) is 0 Å². The fraction of sp³-hybridized carbons (Fsp3) is 0.217. The van der Waals surface area contributed by atoms with Gasteiger partial charge in [-0.15, -0.1) is 0 Å². The number of benzene rings is 3. The van der Waals surface area contributed by atoms with E-state index in [4.69, 9.17) is 14.2 Å². The summed E-state index contributed by atoms with van der Waals surface area (Å²) >= 11 is 0. The van der Waals surface area contributed by atoms with Crippen LogP contribution in [0, 0.1) is 0 Å². The summed E-state index contributed by atoms with van der Waals surface area (Å²) in [6.07, 6.45) is -0.771. The second-order valence-corrected chi connectivity index (χ2v) is 6.85. The normalized spacial score (nSPS) is 13.1. The first kappa shape index (κ1) is 18.8. The molecule has 29 heavy (non-hydrogen) atoms. The molecule has 0 spiro atoms. The lowest BCUT2D eigenvalue weighted by molar-refractivity contribution is -0.154. The van der Waals surface area contributed by atoms with Crippen LogP contribution >= 0.6 is 0 Å². The van der Waals surface area contributed by atoms with E-state index in [2.05, 4.69) is 5.32 Å². The van der Waals surface area contributed by atoms with Gasteiger partial charge in [0.2, 0.25) is 6.79 Å². The van der Waals surface area contributed by atoms with Gasteiger partial charge in [-0.1, -0.05) is 48.5 Å². The van der Waals surface area contributed by atoms with Crippen molar-refractivity contribution in [2.45, 2.75) is 26.0 Å². The Kier molecular flexibility index (Phi) is 5.33. The van der Waals surface area contributed by atoms with Crippen LogP contribution in [0.5, 0.6) is 11.5 Å². The summed E-state index contributed by atoms with van der Waals surface area (Å²) in [7, 11) is 0. The van der Waals surface area contributed by atoms with E-state index in [9.17, 15) is 9.59 Å². The van der Waals surface area contributed by atoms with Crippen LogP contribution in [0.25, 0.3) is 10.8 Å². The fourth-order valence-electron chi connectivity index (χ4n) is 3.28. The third-order valence-electron chi connectivity index (χ3n) is 4.80. The number of carbonyl (C=O) groups is 2. The molecule has 3 aromatic carbocycles. The van der Waals surface area contributed by atoms with Crippen molar-refractivity contribution in [3.63, 3.8) is 0 Å². The van der Waals surface area contributed by atoms with Gasteiger partial charge in [-0.05, 0) is 41.0 Å². The number of hydrogen-bond acceptors (Lipinski definition) is 5. The molecule has 4 rings (SSSR count). The van der Waals surface area contributed by atoms with Crippen LogP contribution in [-0.2, 0) is 27.3 Å². The number of hydrogen-bond donors (Lipinski definition) is 1. The molecule has 0 aromatic heterocycles. The van der Waals surface area contributed by atoms with Gasteiger partial charge in [-0.25, -0.2) is 0 Å². The van der Waals surface area contributed by atoms with Crippen molar-refractivity contribution in [2.75, 3.05) is 6.79 Å². The zero-order valence-electron chi connectivity index (χ0n) is 16.0. The van der Waals surface area contributed by atoms with Crippen LogP contribution in [-0.4, -0.2) is 24.8 Å². The van der Waals surface area contributed by atoms with Crippen LogP contribution in [0.15, 0.2) is 60.7 Å². The molecule has 0 bridgehead atoms. The van der Waals surface area contributed by atoms with Gasteiger partial charge in [0.05, 0.1) is 6.42 Å². The minimum atomic E-state index is -0.883. The molecule has 0 unspecified atom stereocenters. The number of ether oxygens (including phenoxy) is 3. The summed E-state index contributed by atoms with van der Waals surface area (Å²) in [6, 6.07) is 19.1. The molecule has 6 nitrogen and oxygen atoms in total. The molecule has 1 heterocycles. The molecule has 1 aliphatic heterocycles. The largest absolute Gasteiger partial charge is 0.454 e. The third kappa shape index (κ3) is 4.32. The van der Waals surface area contributed by atoms with E-state index >= 15 is 0 Å². The van der Waals surface area contributed by atoms with Crippen molar-refractivity contribution < 1.29 is 23.8 Å². The average Bonchev–Trinajstić information content (AvgIpc) is 3.20. The molecule has 0 saturated carbocycles. The zero-order valence-corrected chi connectivity index (χ0v) is 16.0. The van der Waals surface area contributed by atoms with Gasteiger partial charge in [-0.2, -0.15) is 0 Å². The molecule has 0 aliphatic carbocycles. The molecular weight excluding hydrogens is 370 g/mol. The topological polar surface area (TPSA) is 73.9 Å². The third-order valence-corrected chi connectivity index (χ3v) is 4.80. The first-order chi connectivity index (χ1) is 14.1. The van der Waals surface area contributed by atoms with Crippen LogP contribution in [0.4, 0.5) is 0 Å². The second kappa shape index (κ2) is 8.22. The Morgan fingerprint density at radius 3 is 2.72 bits per heavy atom. The smallest absolute Gasteiger partial charge is 0.311 e. The van der Waals surface area contributed by atoms with Crippen molar-refractivity contribution in [3.05, 3.63) is 71.8 Å². The molecule has 0 saturated heterocycles. The maximum atomic E-state index is 12.3. The quantitative estimate of drug-likeness (QED) is 0.653. The van der Waals surface area contributed by atoms with Crippen LogP contribution < -0.4 is 14.8 Å². The van der Waals surface area contributed by atoms with E-state index in [0.717, 1.165) is 21.9 Å². The van der Waals surface area contributed by atoms with E-state index < -0.39 is 12.1 Å². The van der Waals surface area contributed by atoms with Gasteiger partial charge in [0, 0.05) is 6.54 Å².